The zero-order valence-corrected chi connectivity index (χ0v) is 23.7. The molecule has 42 heavy (non-hydrogen) atoms. The third kappa shape index (κ3) is 5.05. The van der Waals surface area contributed by atoms with E-state index >= 15 is 0 Å². The molecule has 0 saturated carbocycles. The van der Waals surface area contributed by atoms with Gasteiger partial charge in [0.15, 0.2) is 0 Å². The molecule has 7 heteroatoms. The van der Waals surface area contributed by atoms with Crippen LogP contribution in [0.15, 0.2) is 97.2 Å². The van der Waals surface area contributed by atoms with Crippen molar-refractivity contribution in [1.29, 1.82) is 0 Å². The average molecular weight is 557 g/mol. The number of aryl methyl sites for hydroxylation is 2. The second-order valence-electron chi connectivity index (χ2n) is 10.6. The second kappa shape index (κ2) is 11.4. The first-order valence-corrected chi connectivity index (χ1v) is 14.2. The molecule has 210 valence electrons. The van der Waals surface area contributed by atoms with E-state index in [1.54, 1.807) is 12.1 Å². The standard InChI is InChI=1S/C35H32N4O3/c1-3-10-32-37-33-23(2)19-26(34(40)36-21-24-11-5-4-6-12-24)20-31(33)39(32)22-25-13-9-16-29-27(25)17-18-38(29)30-15-8-7-14-28(30)35(41)42/h4-9,11-20H,3,10,21-22H2,1-2H3,(H,36,40)(H,41,42). The lowest BCUT2D eigenvalue weighted by molar-refractivity contribution is 0.0696. The maximum absolute atomic E-state index is 13.2. The zero-order chi connectivity index (χ0) is 29.2. The third-order valence-corrected chi connectivity index (χ3v) is 7.70. The van der Waals surface area contributed by atoms with E-state index in [0.717, 1.165) is 57.3 Å². The summed E-state index contributed by atoms with van der Waals surface area (Å²) >= 11 is 0. The van der Waals surface area contributed by atoms with Gasteiger partial charge in [0.05, 0.1) is 34.3 Å². The Kier molecular flexibility index (Phi) is 7.32. The summed E-state index contributed by atoms with van der Waals surface area (Å²) in [5.74, 6) is -0.105. The van der Waals surface area contributed by atoms with E-state index < -0.39 is 5.97 Å². The van der Waals surface area contributed by atoms with Gasteiger partial charge in [0, 0.05) is 30.1 Å². The van der Waals surface area contributed by atoms with Crippen LogP contribution < -0.4 is 5.32 Å². The van der Waals surface area contributed by atoms with E-state index in [1.165, 1.54) is 0 Å². The van der Waals surface area contributed by atoms with Crippen molar-refractivity contribution in [1.82, 2.24) is 19.4 Å². The fourth-order valence-corrected chi connectivity index (χ4v) is 5.66. The van der Waals surface area contributed by atoms with Crippen LogP contribution in [0.2, 0.25) is 0 Å². The number of para-hydroxylation sites is 1. The van der Waals surface area contributed by atoms with Crippen molar-refractivity contribution in [3.63, 3.8) is 0 Å². The van der Waals surface area contributed by atoms with E-state index in [2.05, 4.69) is 22.9 Å². The summed E-state index contributed by atoms with van der Waals surface area (Å²) in [5.41, 5.74) is 7.34. The van der Waals surface area contributed by atoms with Crippen LogP contribution in [0, 0.1) is 6.92 Å². The summed E-state index contributed by atoms with van der Waals surface area (Å²) in [6.07, 6.45) is 3.68. The predicted octanol–water partition coefficient (Wildman–Crippen LogP) is 6.92. The lowest BCUT2D eigenvalue weighted by Crippen LogP contribution is -2.23. The number of hydrogen-bond donors (Lipinski definition) is 2. The molecule has 0 fully saturated rings. The molecule has 1 amide bonds. The molecular weight excluding hydrogens is 524 g/mol. The smallest absolute Gasteiger partial charge is 0.337 e. The summed E-state index contributed by atoms with van der Waals surface area (Å²) < 4.78 is 4.15. The molecule has 0 unspecified atom stereocenters. The highest BCUT2D eigenvalue weighted by Crippen LogP contribution is 2.29. The number of aromatic carboxylic acids is 1. The van der Waals surface area contributed by atoms with Crippen molar-refractivity contribution in [2.45, 2.75) is 39.8 Å². The minimum absolute atomic E-state index is 0.120. The molecule has 0 aliphatic heterocycles. The third-order valence-electron chi connectivity index (χ3n) is 7.70. The number of carbonyl (C=O) groups excluding carboxylic acids is 1. The number of imidazole rings is 1. The minimum Gasteiger partial charge on any atom is -0.478 e. The summed E-state index contributed by atoms with van der Waals surface area (Å²) in [7, 11) is 0. The van der Waals surface area contributed by atoms with Gasteiger partial charge in [0.1, 0.15) is 5.82 Å². The van der Waals surface area contributed by atoms with Crippen molar-refractivity contribution in [2.75, 3.05) is 0 Å². The molecule has 2 aromatic heterocycles. The fourth-order valence-electron chi connectivity index (χ4n) is 5.66. The Hall–Kier alpha value is -5.17. The lowest BCUT2D eigenvalue weighted by Gasteiger charge is -2.13. The monoisotopic (exact) mass is 556 g/mol. The Balaban J connectivity index is 1.40. The number of nitrogens with one attached hydrogen (secondary N) is 1. The highest BCUT2D eigenvalue weighted by molar-refractivity contribution is 5.98. The van der Waals surface area contributed by atoms with Gasteiger partial charge in [-0.2, -0.15) is 0 Å². The van der Waals surface area contributed by atoms with Crippen molar-refractivity contribution in [3.05, 3.63) is 131 Å². The van der Waals surface area contributed by atoms with Crippen LogP contribution in [0.25, 0.3) is 27.6 Å². The van der Waals surface area contributed by atoms with Gasteiger partial charge in [-0.25, -0.2) is 9.78 Å². The van der Waals surface area contributed by atoms with Crippen LogP contribution in [0.1, 0.15) is 56.6 Å². The van der Waals surface area contributed by atoms with Gasteiger partial charge in [-0.3, -0.25) is 4.79 Å². The first-order valence-electron chi connectivity index (χ1n) is 14.2. The van der Waals surface area contributed by atoms with Crippen LogP contribution in [-0.4, -0.2) is 31.1 Å². The Morgan fingerprint density at radius 2 is 1.69 bits per heavy atom. The first kappa shape index (κ1) is 27.0. The van der Waals surface area contributed by atoms with E-state index in [-0.39, 0.29) is 11.5 Å². The number of amides is 1. The number of fused-ring (bicyclic) bond motifs is 2. The van der Waals surface area contributed by atoms with E-state index in [1.807, 2.05) is 90.5 Å². The molecule has 7 nitrogen and oxygen atoms in total. The fraction of sp³-hybridized carbons (Fsp3) is 0.171. The van der Waals surface area contributed by atoms with Gasteiger partial charge in [0.25, 0.3) is 5.91 Å². The summed E-state index contributed by atoms with van der Waals surface area (Å²) in [6.45, 7) is 5.17. The van der Waals surface area contributed by atoms with Gasteiger partial charge in [0.2, 0.25) is 0 Å². The number of carboxylic acids is 1. The largest absolute Gasteiger partial charge is 0.478 e. The quantitative estimate of drug-likeness (QED) is 0.202. The minimum atomic E-state index is -0.961. The highest BCUT2D eigenvalue weighted by atomic mass is 16.4. The molecule has 0 aliphatic rings. The number of carbonyl (C=O) groups is 2. The van der Waals surface area contributed by atoms with Gasteiger partial charge < -0.3 is 19.6 Å². The Labute approximate surface area is 244 Å². The maximum Gasteiger partial charge on any atom is 0.337 e. The van der Waals surface area contributed by atoms with Crippen molar-refractivity contribution < 1.29 is 14.7 Å². The molecule has 0 bridgehead atoms. The number of nitrogens with zero attached hydrogens (tertiary/aromatic N) is 3. The van der Waals surface area contributed by atoms with Crippen LogP contribution in [0.4, 0.5) is 0 Å². The van der Waals surface area contributed by atoms with Gasteiger partial charge in [-0.1, -0.05) is 61.5 Å². The van der Waals surface area contributed by atoms with Gasteiger partial charge >= 0.3 is 5.97 Å². The predicted molar refractivity (Wildman–Crippen MR) is 165 cm³/mol. The number of benzene rings is 4. The van der Waals surface area contributed by atoms with Crippen LogP contribution in [0.3, 0.4) is 0 Å². The van der Waals surface area contributed by atoms with Crippen molar-refractivity contribution in [2.24, 2.45) is 0 Å². The molecule has 0 atom stereocenters. The molecule has 0 saturated heterocycles. The highest BCUT2D eigenvalue weighted by Gasteiger charge is 2.18. The molecule has 0 aliphatic carbocycles. The number of hydrogen-bond acceptors (Lipinski definition) is 3. The van der Waals surface area contributed by atoms with E-state index in [0.29, 0.717) is 24.3 Å². The molecule has 0 spiro atoms. The molecule has 6 aromatic rings. The Morgan fingerprint density at radius 3 is 2.48 bits per heavy atom. The van der Waals surface area contributed by atoms with E-state index in [9.17, 15) is 14.7 Å². The molecule has 2 N–H and O–H groups in total. The number of rotatable bonds is 9. The normalized spacial score (nSPS) is 11.3. The van der Waals surface area contributed by atoms with Crippen LogP contribution >= 0.6 is 0 Å². The summed E-state index contributed by atoms with van der Waals surface area (Å²) in [4.78, 5) is 30.2. The van der Waals surface area contributed by atoms with Crippen LogP contribution in [0.5, 0.6) is 0 Å². The van der Waals surface area contributed by atoms with Gasteiger partial charge in [-0.15, -0.1) is 0 Å². The first-order chi connectivity index (χ1) is 20.4. The number of aromatic nitrogens is 3. The van der Waals surface area contributed by atoms with Crippen molar-refractivity contribution >= 4 is 33.8 Å². The topological polar surface area (TPSA) is 89.2 Å². The van der Waals surface area contributed by atoms with Crippen LogP contribution in [-0.2, 0) is 19.5 Å². The molecular formula is C35H32N4O3. The average Bonchev–Trinajstić information content (AvgIpc) is 3.59. The van der Waals surface area contributed by atoms with Crippen molar-refractivity contribution in [3.8, 4) is 5.69 Å². The maximum atomic E-state index is 13.2. The second-order valence-corrected chi connectivity index (χ2v) is 10.6. The molecule has 0 radical (unpaired) electrons. The molecule has 6 rings (SSSR count). The Morgan fingerprint density at radius 1 is 0.905 bits per heavy atom. The summed E-state index contributed by atoms with van der Waals surface area (Å²) in [5, 5.41) is 13.9. The summed E-state index contributed by atoms with van der Waals surface area (Å²) in [6, 6.07) is 28.9. The van der Waals surface area contributed by atoms with E-state index in [4.69, 9.17) is 4.98 Å². The molecule has 4 aromatic carbocycles. The number of carboxylic acid groups (broad SMARTS) is 1. The van der Waals surface area contributed by atoms with Gasteiger partial charge in [-0.05, 0) is 66.4 Å². The lowest BCUT2D eigenvalue weighted by atomic mass is 10.1. The zero-order valence-electron chi connectivity index (χ0n) is 23.7. The Bertz CT molecular complexity index is 1940. The SMILES string of the molecule is CCCc1nc2c(C)cc(C(=O)NCc3ccccc3)cc2n1Cc1cccc2c1ccn2-c1ccccc1C(=O)O. The molecule has 2 heterocycles.